The molecule has 0 unspecified atom stereocenters. The SMILES string of the molecule is COc1cccc(-c2nc(COc3cccnc3[N+](=O)[O-])cs2)c1OC. The number of para-hydroxylation sites is 1. The van der Waals surface area contributed by atoms with E-state index in [-0.39, 0.29) is 18.2 Å². The summed E-state index contributed by atoms with van der Waals surface area (Å²) in [6.07, 6.45) is 1.35. The monoisotopic (exact) mass is 373 g/mol. The highest BCUT2D eigenvalue weighted by Crippen LogP contribution is 2.39. The molecule has 0 radical (unpaired) electrons. The molecule has 0 atom stereocenters. The fourth-order valence-corrected chi connectivity index (χ4v) is 3.16. The molecule has 3 rings (SSSR count). The maximum absolute atomic E-state index is 11.0. The summed E-state index contributed by atoms with van der Waals surface area (Å²) < 4.78 is 16.3. The molecule has 134 valence electrons. The van der Waals surface area contributed by atoms with Crippen molar-refractivity contribution in [1.29, 1.82) is 0 Å². The minimum absolute atomic E-state index is 0.0926. The van der Waals surface area contributed by atoms with Crippen molar-refractivity contribution >= 4 is 17.2 Å². The summed E-state index contributed by atoms with van der Waals surface area (Å²) in [5.74, 6) is 0.993. The number of rotatable bonds is 7. The molecule has 8 nitrogen and oxygen atoms in total. The number of nitrogens with zero attached hydrogens (tertiary/aromatic N) is 3. The summed E-state index contributed by atoms with van der Waals surface area (Å²) in [6.45, 7) is 0.0926. The second-order valence-electron chi connectivity index (χ2n) is 5.06. The van der Waals surface area contributed by atoms with Crippen molar-refractivity contribution in [2.75, 3.05) is 14.2 Å². The lowest BCUT2D eigenvalue weighted by molar-refractivity contribution is -0.390. The highest BCUT2D eigenvalue weighted by molar-refractivity contribution is 7.13. The van der Waals surface area contributed by atoms with Gasteiger partial charge in [-0.15, -0.1) is 11.3 Å². The van der Waals surface area contributed by atoms with E-state index >= 15 is 0 Å². The van der Waals surface area contributed by atoms with Crippen molar-refractivity contribution in [2.45, 2.75) is 6.61 Å². The zero-order valence-corrected chi connectivity index (χ0v) is 14.9. The van der Waals surface area contributed by atoms with Gasteiger partial charge in [-0.1, -0.05) is 6.07 Å². The number of ether oxygens (including phenoxy) is 3. The number of nitro groups is 1. The normalized spacial score (nSPS) is 10.4. The summed E-state index contributed by atoms with van der Waals surface area (Å²) in [4.78, 5) is 18.6. The second-order valence-corrected chi connectivity index (χ2v) is 5.91. The Bertz CT molecular complexity index is 928. The Morgan fingerprint density at radius 3 is 2.69 bits per heavy atom. The minimum Gasteiger partial charge on any atom is -0.493 e. The van der Waals surface area contributed by atoms with Crippen molar-refractivity contribution in [3.05, 3.63) is 57.7 Å². The van der Waals surface area contributed by atoms with Gasteiger partial charge in [0.1, 0.15) is 17.8 Å². The second kappa shape index (κ2) is 7.79. The van der Waals surface area contributed by atoms with Crippen LogP contribution in [0.25, 0.3) is 10.6 Å². The molecule has 0 fully saturated rings. The van der Waals surface area contributed by atoms with E-state index in [1.807, 2.05) is 23.6 Å². The fourth-order valence-electron chi connectivity index (χ4n) is 2.34. The molecule has 0 amide bonds. The number of benzene rings is 1. The van der Waals surface area contributed by atoms with E-state index in [1.54, 1.807) is 20.3 Å². The summed E-state index contributed by atoms with van der Waals surface area (Å²) in [5, 5.41) is 13.5. The van der Waals surface area contributed by atoms with Gasteiger partial charge in [-0.05, 0) is 34.2 Å². The number of methoxy groups -OCH3 is 2. The zero-order valence-electron chi connectivity index (χ0n) is 14.0. The Balaban J connectivity index is 1.81. The molecule has 0 bridgehead atoms. The maximum atomic E-state index is 11.0. The molecule has 0 saturated heterocycles. The smallest absolute Gasteiger partial charge is 0.406 e. The number of hydrogen-bond acceptors (Lipinski definition) is 8. The number of hydrogen-bond donors (Lipinski definition) is 0. The number of pyridine rings is 1. The summed E-state index contributed by atoms with van der Waals surface area (Å²) in [6, 6.07) is 8.63. The van der Waals surface area contributed by atoms with Gasteiger partial charge in [0, 0.05) is 5.38 Å². The topological polar surface area (TPSA) is 96.6 Å². The lowest BCUT2D eigenvalue weighted by atomic mass is 10.2. The number of thiazole rings is 1. The van der Waals surface area contributed by atoms with Gasteiger partial charge in [0.05, 0.1) is 25.5 Å². The Morgan fingerprint density at radius 1 is 1.15 bits per heavy atom. The van der Waals surface area contributed by atoms with E-state index in [0.717, 1.165) is 10.6 Å². The maximum Gasteiger partial charge on any atom is 0.406 e. The predicted octanol–water partition coefficient (Wildman–Crippen LogP) is 3.71. The van der Waals surface area contributed by atoms with Crippen molar-refractivity contribution in [3.8, 4) is 27.8 Å². The molecule has 0 aliphatic carbocycles. The molecule has 0 saturated carbocycles. The Morgan fingerprint density at radius 2 is 1.96 bits per heavy atom. The molecule has 0 aliphatic heterocycles. The highest BCUT2D eigenvalue weighted by Gasteiger charge is 2.17. The average molecular weight is 373 g/mol. The largest absolute Gasteiger partial charge is 0.493 e. The van der Waals surface area contributed by atoms with Gasteiger partial charge in [0.25, 0.3) is 0 Å². The zero-order chi connectivity index (χ0) is 18.5. The first-order chi connectivity index (χ1) is 12.6. The molecule has 9 heteroatoms. The third kappa shape index (κ3) is 3.57. The van der Waals surface area contributed by atoms with Crippen molar-refractivity contribution in [2.24, 2.45) is 0 Å². The van der Waals surface area contributed by atoms with E-state index in [0.29, 0.717) is 17.2 Å². The molecule has 3 aromatic rings. The van der Waals surface area contributed by atoms with Gasteiger partial charge >= 0.3 is 5.82 Å². The van der Waals surface area contributed by atoms with E-state index in [2.05, 4.69) is 9.97 Å². The molecule has 2 aromatic heterocycles. The molecule has 1 aromatic carbocycles. The van der Waals surface area contributed by atoms with Crippen LogP contribution in [-0.4, -0.2) is 29.1 Å². The van der Waals surface area contributed by atoms with Crippen LogP contribution >= 0.6 is 11.3 Å². The van der Waals surface area contributed by atoms with Crippen LogP contribution in [-0.2, 0) is 6.61 Å². The van der Waals surface area contributed by atoms with E-state index in [9.17, 15) is 10.1 Å². The van der Waals surface area contributed by atoms with E-state index < -0.39 is 4.92 Å². The third-order valence-electron chi connectivity index (χ3n) is 3.48. The van der Waals surface area contributed by atoms with Crippen LogP contribution in [0.15, 0.2) is 41.9 Å². The molecular weight excluding hydrogens is 358 g/mol. The van der Waals surface area contributed by atoms with Crippen LogP contribution in [0.3, 0.4) is 0 Å². The van der Waals surface area contributed by atoms with Crippen LogP contribution in [0.1, 0.15) is 5.69 Å². The fraction of sp³-hybridized carbons (Fsp3) is 0.176. The first kappa shape index (κ1) is 17.6. The first-order valence-corrected chi connectivity index (χ1v) is 8.40. The average Bonchev–Trinajstić information content (AvgIpc) is 3.14. The van der Waals surface area contributed by atoms with Gasteiger partial charge in [-0.3, -0.25) is 0 Å². The molecule has 26 heavy (non-hydrogen) atoms. The Labute approximate surface area is 153 Å². The van der Waals surface area contributed by atoms with Crippen LogP contribution < -0.4 is 14.2 Å². The highest BCUT2D eigenvalue weighted by atomic mass is 32.1. The number of aromatic nitrogens is 2. The van der Waals surface area contributed by atoms with Crippen molar-refractivity contribution < 1.29 is 19.1 Å². The Kier molecular flexibility index (Phi) is 5.28. The van der Waals surface area contributed by atoms with Crippen molar-refractivity contribution in [3.63, 3.8) is 0 Å². The van der Waals surface area contributed by atoms with Gasteiger partial charge in [0.2, 0.25) is 5.75 Å². The lowest BCUT2D eigenvalue weighted by Gasteiger charge is -2.10. The minimum atomic E-state index is -0.580. The van der Waals surface area contributed by atoms with Crippen LogP contribution in [0.4, 0.5) is 5.82 Å². The standard InChI is InChI=1S/C17H15N3O5S/c1-23-13-6-3-5-12(15(13)24-2)17-19-11(10-26-17)9-25-14-7-4-8-18-16(14)20(21)22/h3-8,10H,9H2,1-2H3. The lowest BCUT2D eigenvalue weighted by Crippen LogP contribution is -2.01. The quantitative estimate of drug-likeness (QED) is 0.460. The van der Waals surface area contributed by atoms with E-state index in [1.165, 1.54) is 23.6 Å². The first-order valence-electron chi connectivity index (χ1n) is 7.52. The molecule has 0 spiro atoms. The summed E-state index contributed by atoms with van der Waals surface area (Å²) in [5.41, 5.74) is 1.45. The predicted molar refractivity (Wildman–Crippen MR) is 95.9 cm³/mol. The Hall–Kier alpha value is -3.20. The summed E-state index contributed by atoms with van der Waals surface area (Å²) >= 11 is 1.42. The molecule has 0 N–H and O–H groups in total. The van der Waals surface area contributed by atoms with Gasteiger partial charge < -0.3 is 24.3 Å². The van der Waals surface area contributed by atoms with Gasteiger partial charge in [-0.25, -0.2) is 4.98 Å². The van der Waals surface area contributed by atoms with Crippen LogP contribution in [0.5, 0.6) is 17.2 Å². The van der Waals surface area contributed by atoms with Crippen molar-refractivity contribution in [1.82, 2.24) is 9.97 Å². The van der Waals surface area contributed by atoms with Gasteiger partial charge in [0.15, 0.2) is 11.5 Å². The molecule has 2 heterocycles. The van der Waals surface area contributed by atoms with Crippen LogP contribution in [0.2, 0.25) is 0 Å². The van der Waals surface area contributed by atoms with Gasteiger partial charge in [-0.2, -0.15) is 0 Å². The summed E-state index contributed by atoms with van der Waals surface area (Å²) in [7, 11) is 3.14. The third-order valence-corrected chi connectivity index (χ3v) is 4.41. The molecule has 0 aliphatic rings. The molecular formula is C17H15N3O5S. The van der Waals surface area contributed by atoms with Crippen LogP contribution in [0, 0.1) is 10.1 Å². The van der Waals surface area contributed by atoms with E-state index in [4.69, 9.17) is 14.2 Å².